The number of nitrogens with one attached hydrogen (secondary N) is 1. The van der Waals surface area contributed by atoms with Crippen molar-refractivity contribution in [3.63, 3.8) is 0 Å². The van der Waals surface area contributed by atoms with Crippen molar-refractivity contribution >= 4 is 11.0 Å². The number of terminal acetylenes is 1. The molecule has 1 heterocycles. The Labute approximate surface area is 120 Å². The molecule has 20 heavy (non-hydrogen) atoms. The number of furan rings is 1. The summed E-state index contributed by atoms with van der Waals surface area (Å²) >= 11 is 0. The minimum absolute atomic E-state index is 0.179. The van der Waals surface area contributed by atoms with E-state index in [1.54, 1.807) is 7.11 Å². The van der Waals surface area contributed by atoms with E-state index in [0.717, 1.165) is 48.3 Å². The molecule has 1 aromatic heterocycles. The molecule has 1 aromatic carbocycles. The second-order valence-electron chi connectivity index (χ2n) is 4.86. The van der Waals surface area contributed by atoms with E-state index in [4.69, 9.17) is 15.6 Å². The van der Waals surface area contributed by atoms with Gasteiger partial charge in [0.15, 0.2) is 11.3 Å². The maximum absolute atomic E-state index is 5.91. The number of para-hydroxylation sites is 1. The van der Waals surface area contributed by atoms with Crippen LogP contribution in [0.15, 0.2) is 28.7 Å². The first-order chi connectivity index (χ1) is 9.76. The lowest BCUT2D eigenvalue weighted by molar-refractivity contribution is 0.399. The quantitative estimate of drug-likeness (QED) is 0.612. The molecule has 0 saturated carbocycles. The van der Waals surface area contributed by atoms with Crippen molar-refractivity contribution in [2.75, 3.05) is 13.7 Å². The summed E-state index contributed by atoms with van der Waals surface area (Å²) in [6, 6.07) is 8.16. The van der Waals surface area contributed by atoms with Crippen LogP contribution in [-0.4, -0.2) is 13.7 Å². The number of rotatable bonds is 7. The van der Waals surface area contributed by atoms with Crippen molar-refractivity contribution in [1.29, 1.82) is 0 Å². The summed E-state index contributed by atoms with van der Waals surface area (Å²) in [6.45, 7) is 3.04. The molecule has 3 heteroatoms. The molecule has 0 bridgehead atoms. The van der Waals surface area contributed by atoms with Gasteiger partial charge in [0.1, 0.15) is 5.76 Å². The molecule has 1 atom stereocenters. The van der Waals surface area contributed by atoms with E-state index < -0.39 is 0 Å². The lowest BCUT2D eigenvalue weighted by Crippen LogP contribution is -2.19. The van der Waals surface area contributed by atoms with E-state index in [1.165, 1.54) is 0 Å². The first-order valence-corrected chi connectivity index (χ1v) is 6.99. The minimum atomic E-state index is 0.179. The van der Waals surface area contributed by atoms with E-state index in [9.17, 15) is 0 Å². The molecule has 3 nitrogen and oxygen atoms in total. The standard InChI is InChI=1S/C17H21NO2/c1-4-5-6-7-11-18-13(2)16-12-14-9-8-10-15(19-3)17(14)20-16/h1,8-10,12-13,18H,5-7,11H2,2-3H3. The molecule has 0 radical (unpaired) electrons. The molecule has 106 valence electrons. The molecule has 0 aliphatic heterocycles. The fourth-order valence-corrected chi connectivity index (χ4v) is 2.20. The fourth-order valence-electron chi connectivity index (χ4n) is 2.20. The van der Waals surface area contributed by atoms with E-state index in [2.05, 4.69) is 24.2 Å². The summed E-state index contributed by atoms with van der Waals surface area (Å²) in [5, 5.41) is 4.52. The van der Waals surface area contributed by atoms with E-state index >= 15 is 0 Å². The summed E-state index contributed by atoms with van der Waals surface area (Å²) in [4.78, 5) is 0. The highest BCUT2D eigenvalue weighted by atomic mass is 16.5. The summed E-state index contributed by atoms with van der Waals surface area (Å²) in [7, 11) is 1.66. The number of hydrogen-bond acceptors (Lipinski definition) is 3. The van der Waals surface area contributed by atoms with Gasteiger partial charge < -0.3 is 14.5 Å². The van der Waals surface area contributed by atoms with Crippen LogP contribution in [0.2, 0.25) is 0 Å². The van der Waals surface area contributed by atoms with E-state index in [1.807, 2.05) is 18.2 Å². The van der Waals surface area contributed by atoms with Gasteiger partial charge in [-0.2, -0.15) is 0 Å². The summed E-state index contributed by atoms with van der Waals surface area (Å²) in [5.41, 5.74) is 0.811. The van der Waals surface area contributed by atoms with Gasteiger partial charge in [0.05, 0.1) is 13.2 Å². The highest BCUT2D eigenvalue weighted by molar-refractivity contribution is 5.83. The first-order valence-electron chi connectivity index (χ1n) is 6.99. The number of fused-ring (bicyclic) bond motifs is 1. The van der Waals surface area contributed by atoms with Crippen molar-refractivity contribution in [2.24, 2.45) is 0 Å². The van der Waals surface area contributed by atoms with Crippen LogP contribution in [-0.2, 0) is 0 Å². The van der Waals surface area contributed by atoms with Gasteiger partial charge in [-0.1, -0.05) is 12.1 Å². The molecule has 0 aliphatic carbocycles. The second-order valence-corrected chi connectivity index (χ2v) is 4.86. The Hall–Kier alpha value is -1.92. The largest absolute Gasteiger partial charge is 0.493 e. The third-order valence-corrected chi connectivity index (χ3v) is 3.37. The minimum Gasteiger partial charge on any atom is -0.493 e. The number of ether oxygens (including phenoxy) is 1. The summed E-state index contributed by atoms with van der Waals surface area (Å²) in [5.74, 6) is 4.36. The van der Waals surface area contributed by atoms with Crippen molar-refractivity contribution in [3.8, 4) is 18.1 Å². The molecule has 1 unspecified atom stereocenters. The van der Waals surface area contributed by atoms with Crippen LogP contribution in [0.25, 0.3) is 11.0 Å². The van der Waals surface area contributed by atoms with Crippen LogP contribution in [0.5, 0.6) is 5.75 Å². The van der Waals surface area contributed by atoms with Crippen molar-refractivity contribution in [2.45, 2.75) is 32.2 Å². The smallest absolute Gasteiger partial charge is 0.176 e. The Balaban J connectivity index is 2.00. The van der Waals surface area contributed by atoms with Gasteiger partial charge in [-0.05, 0) is 38.4 Å². The predicted octanol–water partition coefficient (Wildman–Crippen LogP) is 3.90. The summed E-state index contributed by atoms with van der Waals surface area (Å²) in [6.07, 6.45) is 8.22. The second kappa shape index (κ2) is 7.02. The van der Waals surface area contributed by atoms with Gasteiger partial charge in [0, 0.05) is 11.8 Å². The van der Waals surface area contributed by atoms with Crippen LogP contribution in [0, 0.1) is 12.3 Å². The maximum atomic E-state index is 5.91. The van der Waals surface area contributed by atoms with Gasteiger partial charge in [0.25, 0.3) is 0 Å². The van der Waals surface area contributed by atoms with Gasteiger partial charge >= 0.3 is 0 Å². The Morgan fingerprint density at radius 3 is 3.00 bits per heavy atom. The third-order valence-electron chi connectivity index (χ3n) is 3.37. The average Bonchev–Trinajstić information content (AvgIpc) is 2.90. The highest BCUT2D eigenvalue weighted by Gasteiger charge is 2.13. The molecule has 0 spiro atoms. The number of hydrogen-bond donors (Lipinski definition) is 1. The van der Waals surface area contributed by atoms with Gasteiger partial charge in [-0.25, -0.2) is 0 Å². The van der Waals surface area contributed by atoms with Crippen molar-refractivity contribution in [1.82, 2.24) is 5.32 Å². The molecule has 0 aliphatic rings. The molecule has 0 saturated heterocycles. The Morgan fingerprint density at radius 1 is 1.40 bits per heavy atom. The molecule has 0 amide bonds. The highest BCUT2D eigenvalue weighted by Crippen LogP contribution is 2.30. The average molecular weight is 271 g/mol. The zero-order valence-electron chi connectivity index (χ0n) is 12.1. The first kappa shape index (κ1) is 14.5. The fraction of sp³-hybridized carbons (Fsp3) is 0.412. The van der Waals surface area contributed by atoms with Crippen LogP contribution < -0.4 is 10.1 Å². The van der Waals surface area contributed by atoms with Gasteiger partial charge in [-0.3, -0.25) is 0 Å². The number of methoxy groups -OCH3 is 1. The monoisotopic (exact) mass is 271 g/mol. The Bertz CT molecular complexity index is 595. The van der Waals surface area contributed by atoms with Crippen LogP contribution in [0.1, 0.15) is 38.0 Å². The molecular weight excluding hydrogens is 250 g/mol. The third kappa shape index (κ3) is 3.34. The lowest BCUT2D eigenvalue weighted by atomic mass is 10.2. The molecule has 2 aromatic rings. The van der Waals surface area contributed by atoms with Crippen molar-refractivity contribution < 1.29 is 9.15 Å². The Morgan fingerprint density at radius 2 is 2.25 bits per heavy atom. The predicted molar refractivity (Wildman–Crippen MR) is 81.9 cm³/mol. The maximum Gasteiger partial charge on any atom is 0.176 e. The van der Waals surface area contributed by atoms with Crippen LogP contribution in [0.4, 0.5) is 0 Å². The van der Waals surface area contributed by atoms with Crippen LogP contribution >= 0.6 is 0 Å². The van der Waals surface area contributed by atoms with Crippen LogP contribution in [0.3, 0.4) is 0 Å². The molecule has 1 N–H and O–H groups in total. The zero-order valence-corrected chi connectivity index (χ0v) is 12.1. The normalized spacial score (nSPS) is 12.2. The topological polar surface area (TPSA) is 34.4 Å². The summed E-state index contributed by atoms with van der Waals surface area (Å²) < 4.78 is 11.2. The number of benzene rings is 1. The lowest BCUT2D eigenvalue weighted by Gasteiger charge is -2.10. The Kier molecular flexibility index (Phi) is 5.09. The zero-order chi connectivity index (χ0) is 14.4. The SMILES string of the molecule is C#CCCCCNC(C)c1cc2cccc(OC)c2o1. The van der Waals surface area contributed by atoms with Gasteiger partial charge in [-0.15, -0.1) is 12.3 Å². The van der Waals surface area contributed by atoms with E-state index in [-0.39, 0.29) is 6.04 Å². The molecular formula is C17H21NO2. The van der Waals surface area contributed by atoms with Crippen molar-refractivity contribution in [3.05, 3.63) is 30.0 Å². The molecule has 2 rings (SSSR count). The molecule has 0 fully saturated rings. The van der Waals surface area contributed by atoms with Gasteiger partial charge in [0.2, 0.25) is 0 Å². The number of unbranched alkanes of at least 4 members (excludes halogenated alkanes) is 2. The van der Waals surface area contributed by atoms with E-state index in [0.29, 0.717) is 0 Å².